The lowest BCUT2D eigenvalue weighted by atomic mass is 10.0. The first kappa shape index (κ1) is 24.3. The number of amides is 1. The summed E-state index contributed by atoms with van der Waals surface area (Å²) < 4.78 is 0. The Morgan fingerprint density at radius 2 is 1.74 bits per heavy atom. The summed E-state index contributed by atoms with van der Waals surface area (Å²) >= 11 is 0. The van der Waals surface area contributed by atoms with E-state index >= 15 is 0 Å². The summed E-state index contributed by atoms with van der Waals surface area (Å²) in [6, 6.07) is 6.26. The van der Waals surface area contributed by atoms with E-state index in [0.29, 0.717) is 19.0 Å². The monoisotopic (exact) mass is 363 g/mol. The first-order valence-electron chi connectivity index (χ1n) is 7.62. The van der Waals surface area contributed by atoms with Crippen molar-refractivity contribution in [1.82, 2.24) is 4.90 Å². The van der Waals surface area contributed by atoms with Crippen molar-refractivity contribution in [3.8, 4) is 0 Å². The van der Waals surface area contributed by atoms with E-state index < -0.39 is 0 Å². The zero-order chi connectivity index (χ0) is 16.0. The number of aryl methyl sites for hydroxylation is 2. The third-order valence-corrected chi connectivity index (χ3v) is 3.98. The normalized spacial score (nSPS) is 11.3. The smallest absolute Gasteiger partial charge is 0.241 e. The summed E-state index contributed by atoms with van der Waals surface area (Å²) in [4.78, 5) is 13.9. The molecule has 0 radical (unpaired) electrons. The number of hydrogen-bond donors (Lipinski definition) is 2. The summed E-state index contributed by atoms with van der Waals surface area (Å²) in [5, 5.41) is 3.25. The van der Waals surface area contributed by atoms with Crippen LogP contribution in [0.15, 0.2) is 18.2 Å². The minimum atomic E-state index is 0. The number of halogens is 2. The number of benzene rings is 1. The van der Waals surface area contributed by atoms with Gasteiger partial charge in [0.15, 0.2) is 0 Å². The van der Waals surface area contributed by atoms with Crippen molar-refractivity contribution in [2.75, 3.05) is 25.5 Å². The van der Waals surface area contributed by atoms with Gasteiger partial charge < -0.3 is 16.0 Å². The van der Waals surface area contributed by atoms with Crippen LogP contribution in [0.4, 0.5) is 5.69 Å². The van der Waals surface area contributed by atoms with Crippen LogP contribution < -0.4 is 11.1 Å². The summed E-state index contributed by atoms with van der Waals surface area (Å²) in [7, 11) is 1.84. The molecule has 0 aliphatic carbocycles. The molecule has 1 aromatic carbocycles. The predicted octanol–water partition coefficient (Wildman–Crippen LogP) is 3.39. The lowest BCUT2D eigenvalue weighted by Gasteiger charge is -2.22. The average molecular weight is 364 g/mol. The summed E-state index contributed by atoms with van der Waals surface area (Å²) in [6.07, 6.45) is 0.837. The van der Waals surface area contributed by atoms with Gasteiger partial charge in [-0.25, -0.2) is 0 Å². The lowest BCUT2D eigenvalue weighted by Crippen LogP contribution is -2.37. The average Bonchev–Trinajstić information content (AvgIpc) is 2.43. The minimum absolute atomic E-state index is 0. The molecule has 1 unspecified atom stereocenters. The highest BCUT2D eigenvalue weighted by Crippen LogP contribution is 2.19. The second kappa shape index (κ2) is 11.5. The molecule has 6 heteroatoms. The Labute approximate surface area is 153 Å². The fraction of sp³-hybridized carbons (Fsp3) is 0.588. The van der Waals surface area contributed by atoms with Gasteiger partial charge in [-0.05, 0) is 37.3 Å². The largest absolute Gasteiger partial charge is 0.376 e. The van der Waals surface area contributed by atoms with Gasteiger partial charge >= 0.3 is 0 Å². The summed E-state index contributed by atoms with van der Waals surface area (Å²) in [6.45, 7) is 9.33. The van der Waals surface area contributed by atoms with E-state index in [-0.39, 0.29) is 36.8 Å². The molecule has 134 valence electrons. The lowest BCUT2D eigenvalue weighted by molar-refractivity contribution is -0.128. The zero-order valence-electron chi connectivity index (χ0n) is 14.8. The second-order valence-electron chi connectivity index (χ2n) is 6.13. The van der Waals surface area contributed by atoms with E-state index in [0.717, 1.165) is 23.2 Å². The van der Waals surface area contributed by atoms with Crippen LogP contribution in [0, 0.1) is 19.8 Å². The van der Waals surface area contributed by atoms with Gasteiger partial charge in [-0.1, -0.05) is 32.0 Å². The minimum Gasteiger partial charge on any atom is -0.376 e. The van der Waals surface area contributed by atoms with E-state index in [1.54, 1.807) is 4.90 Å². The zero-order valence-corrected chi connectivity index (χ0v) is 16.4. The van der Waals surface area contributed by atoms with Crippen LogP contribution in [-0.2, 0) is 4.79 Å². The standard InChI is InChI=1S/C17H29N3O.2ClH/c1-12(2)15(18)9-10-20(5)16(21)11-19-17-13(3)7-6-8-14(17)4;;/h6-8,12,15,19H,9-11,18H2,1-5H3;2*1H. The molecule has 1 amide bonds. The molecule has 0 aromatic heterocycles. The molecule has 0 saturated heterocycles. The molecule has 0 bridgehead atoms. The Morgan fingerprint density at radius 3 is 2.22 bits per heavy atom. The number of carbonyl (C=O) groups is 1. The van der Waals surface area contributed by atoms with E-state index in [1.807, 2.05) is 39.1 Å². The van der Waals surface area contributed by atoms with Crippen LogP contribution in [0.2, 0.25) is 0 Å². The van der Waals surface area contributed by atoms with Crippen molar-refractivity contribution in [2.45, 2.75) is 40.2 Å². The number of nitrogens with two attached hydrogens (primary N) is 1. The van der Waals surface area contributed by atoms with Crippen molar-refractivity contribution in [3.63, 3.8) is 0 Å². The number of anilines is 1. The number of likely N-dealkylation sites (N-methyl/N-ethyl adjacent to an activating group) is 1. The maximum atomic E-state index is 12.1. The molecule has 0 aliphatic rings. The molecule has 23 heavy (non-hydrogen) atoms. The molecule has 0 saturated carbocycles. The van der Waals surface area contributed by atoms with Gasteiger partial charge in [0, 0.05) is 25.3 Å². The van der Waals surface area contributed by atoms with Crippen LogP contribution in [0.3, 0.4) is 0 Å². The number of hydrogen-bond acceptors (Lipinski definition) is 3. The van der Waals surface area contributed by atoms with Crippen molar-refractivity contribution in [2.24, 2.45) is 11.7 Å². The topological polar surface area (TPSA) is 58.4 Å². The number of carbonyl (C=O) groups excluding carboxylic acids is 1. The van der Waals surface area contributed by atoms with Gasteiger partial charge in [-0.15, -0.1) is 24.8 Å². The molecule has 4 nitrogen and oxygen atoms in total. The third kappa shape index (κ3) is 7.91. The van der Waals surface area contributed by atoms with Gasteiger partial charge in [0.1, 0.15) is 0 Å². The van der Waals surface area contributed by atoms with Crippen LogP contribution >= 0.6 is 24.8 Å². The highest BCUT2D eigenvalue weighted by Gasteiger charge is 2.13. The molecule has 1 rings (SSSR count). The van der Waals surface area contributed by atoms with Gasteiger partial charge in [0.25, 0.3) is 0 Å². The maximum Gasteiger partial charge on any atom is 0.241 e. The molecule has 1 aromatic rings. The van der Waals surface area contributed by atoms with Crippen LogP contribution in [0.25, 0.3) is 0 Å². The maximum absolute atomic E-state index is 12.1. The molecule has 0 fully saturated rings. The predicted molar refractivity (Wildman–Crippen MR) is 104 cm³/mol. The molecular formula is C17H31Cl2N3O. The number of rotatable bonds is 7. The van der Waals surface area contributed by atoms with Crippen LogP contribution in [0.1, 0.15) is 31.4 Å². The summed E-state index contributed by atoms with van der Waals surface area (Å²) in [5.41, 5.74) is 9.39. The first-order valence-corrected chi connectivity index (χ1v) is 7.62. The summed E-state index contributed by atoms with van der Waals surface area (Å²) in [5.74, 6) is 0.537. The third-order valence-electron chi connectivity index (χ3n) is 3.98. The SMILES string of the molecule is Cc1cccc(C)c1NCC(=O)N(C)CCC(N)C(C)C.Cl.Cl. The molecular weight excluding hydrogens is 333 g/mol. The Bertz CT molecular complexity index is 461. The Balaban J connectivity index is 0. The Morgan fingerprint density at radius 1 is 1.22 bits per heavy atom. The Hall–Kier alpha value is -0.970. The number of para-hydroxylation sites is 1. The number of nitrogens with one attached hydrogen (secondary N) is 1. The van der Waals surface area contributed by atoms with Gasteiger partial charge in [0.05, 0.1) is 6.54 Å². The molecule has 1 atom stereocenters. The molecule has 0 spiro atoms. The molecule has 0 aliphatic heterocycles. The fourth-order valence-electron chi connectivity index (χ4n) is 2.19. The van der Waals surface area contributed by atoms with Gasteiger partial charge in [0.2, 0.25) is 5.91 Å². The van der Waals surface area contributed by atoms with E-state index in [2.05, 4.69) is 19.2 Å². The van der Waals surface area contributed by atoms with Crippen molar-refractivity contribution < 1.29 is 4.79 Å². The van der Waals surface area contributed by atoms with Gasteiger partial charge in [-0.2, -0.15) is 0 Å². The quantitative estimate of drug-likeness (QED) is 0.780. The number of nitrogens with zero attached hydrogens (tertiary/aromatic N) is 1. The van der Waals surface area contributed by atoms with Crippen molar-refractivity contribution in [3.05, 3.63) is 29.3 Å². The second-order valence-corrected chi connectivity index (χ2v) is 6.13. The van der Waals surface area contributed by atoms with E-state index in [9.17, 15) is 4.79 Å². The van der Waals surface area contributed by atoms with Crippen LogP contribution in [0.5, 0.6) is 0 Å². The van der Waals surface area contributed by atoms with Crippen molar-refractivity contribution in [1.29, 1.82) is 0 Å². The Kier molecular flexibility index (Phi) is 12.2. The van der Waals surface area contributed by atoms with E-state index in [4.69, 9.17) is 5.73 Å². The van der Waals surface area contributed by atoms with E-state index in [1.165, 1.54) is 0 Å². The first-order chi connectivity index (χ1) is 9.82. The molecule has 3 N–H and O–H groups in total. The highest BCUT2D eigenvalue weighted by molar-refractivity contribution is 5.85. The van der Waals surface area contributed by atoms with Crippen molar-refractivity contribution >= 4 is 36.4 Å². The van der Waals surface area contributed by atoms with Gasteiger partial charge in [-0.3, -0.25) is 4.79 Å². The van der Waals surface area contributed by atoms with Crippen LogP contribution in [-0.4, -0.2) is 37.0 Å². The highest BCUT2D eigenvalue weighted by atomic mass is 35.5. The fourth-order valence-corrected chi connectivity index (χ4v) is 2.19. The molecule has 0 heterocycles.